The molecule has 7 heteroatoms. The van der Waals surface area contributed by atoms with E-state index >= 15 is 0 Å². The molecule has 5 heterocycles. The van der Waals surface area contributed by atoms with Crippen molar-refractivity contribution < 1.29 is 0 Å². The Balaban J connectivity index is 1.36. The summed E-state index contributed by atoms with van der Waals surface area (Å²) in [6.07, 6.45) is 6.41. The number of H-pyrrole nitrogens is 2. The first-order valence-corrected chi connectivity index (χ1v) is 26.8. The molecule has 0 saturated carbocycles. The van der Waals surface area contributed by atoms with Crippen LogP contribution in [-0.2, 0) is 11.8 Å². The normalized spacial score (nSPS) is 12.2. The van der Waals surface area contributed by atoms with Crippen LogP contribution in [-0.4, -0.2) is 21.2 Å². The molecule has 4 nitrogen and oxygen atoms in total. The first kappa shape index (κ1) is 42.5. The number of aromatic nitrogens is 3. The minimum atomic E-state index is -2.61. The van der Waals surface area contributed by atoms with Gasteiger partial charge in [-0.3, -0.25) is 4.99 Å². The van der Waals surface area contributed by atoms with Gasteiger partial charge in [-0.05, 0) is 97.0 Å². The van der Waals surface area contributed by atoms with E-state index < -0.39 is 5.24 Å². The summed E-state index contributed by atoms with van der Waals surface area (Å²) in [7, 11) is 0. The van der Waals surface area contributed by atoms with Gasteiger partial charge in [0.1, 0.15) is 0 Å². The highest BCUT2D eigenvalue weighted by Gasteiger charge is 2.31. The third-order valence-electron chi connectivity index (χ3n) is 12.7. The lowest BCUT2D eigenvalue weighted by molar-refractivity contribution is 1.31. The maximum atomic E-state index is 7.12. The Bertz CT molecular complexity index is 3390. The topological polar surface area (TPSA) is 56.8 Å². The van der Waals surface area contributed by atoms with Crippen LogP contribution < -0.4 is 10.6 Å². The molecule has 2 N–H and O–H groups in total. The first-order valence-electron chi connectivity index (χ1n) is 22.6. The maximum Gasteiger partial charge on any atom is 0.0875 e. The van der Waals surface area contributed by atoms with Crippen molar-refractivity contribution in [1.29, 1.82) is 0 Å². The Labute approximate surface area is 401 Å². The zero-order chi connectivity index (χ0) is 45.6. The molecule has 0 unspecified atom stereocenters. The van der Waals surface area contributed by atoms with Crippen LogP contribution >= 0.6 is 16.6 Å². The number of hydrogen-bond donors (Lipinski definition) is 2. The van der Waals surface area contributed by atoms with E-state index in [9.17, 15) is 0 Å². The molecule has 2 aliphatic rings. The van der Waals surface area contributed by atoms with Crippen molar-refractivity contribution in [3.63, 3.8) is 0 Å². The summed E-state index contributed by atoms with van der Waals surface area (Å²) in [5.74, 6) is 0. The van der Waals surface area contributed by atoms with Crippen LogP contribution in [0.3, 0.4) is 0 Å². The van der Waals surface area contributed by atoms with E-state index in [0.29, 0.717) is 0 Å². The van der Waals surface area contributed by atoms with Crippen molar-refractivity contribution in [2.24, 2.45) is 4.99 Å². The van der Waals surface area contributed by atoms with Gasteiger partial charge < -0.3 is 9.97 Å². The molecular weight excluding hydrogens is 872 g/mol. The summed E-state index contributed by atoms with van der Waals surface area (Å²) < 4.78 is 0. The highest BCUT2D eigenvalue weighted by molar-refractivity contribution is 8.75. The standard InChI is InChI=1S/C60H47N4PS2/c1-38-15-23-42(24-16-38)55-48-37-61-59(60(48)67-65(66,46-11-7-5-8-12-46)47-13-9-6-10-14-47)58(45-29-21-41(4)22-30-45)54-36-35-53(64-54)57(44-27-19-40(3)20-28-44)52-34-33-51(63-52)56(50-32-31-49(55)62-50)43-25-17-39(2)18-26-43/h5-37,62,64H,1-4H3. The molecule has 0 spiro atoms. The second-order valence-corrected chi connectivity index (χ2v) is 24.7. The number of aromatic amines is 2. The van der Waals surface area contributed by atoms with E-state index in [2.05, 4.69) is 238 Å². The molecule has 0 atom stereocenters. The molecule has 0 saturated heterocycles. The number of fused-ring (bicyclic) bond motifs is 8. The van der Waals surface area contributed by atoms with E-state index in [1.807, 2.05) is 0 Å². The van der Waals surface area contributed by atoms with Crippen LogP contribution in [0.25, 0.3) is 78.7 Å². The van der Waals surface area contributed by atoms with Crippen molar-refractivity contribution >= 4 is 85.2 Å². The molecule has 324 valence electrons. The molecule has 0 radical (unpaired) electrons. The Morgan fingerprint density at radius 1 is 0.418 bits per heavy atom. The van der Waals surface area contributed by atoms with Crippen LogP contribution in [0.2, 0.25) is 0 Å². The minimum absolute atomic E-state index is 0.874. The minimum Gasteiger partial charge on any atom is -0.354 e. The quantitative estimate of drug-likeness (QED) is 0.149. The molecule has 0 amide bonds. The second kappa shape index (κ2) is 17.6. The van der Waals surface area contributed by atoms with Crippen molar-refractivity contribution in [2.75, 3.05) is 0 Å². The summed E-state index contributed by atoms with van der Waals surface area (Å²) in [4.78, 5) is 20.1. The van der Waals surface area contributed by atoms with Crippen LogP contribution in [0, 0.1) is 27.7 Å². The fraction of sp³-hybridized carbons (Fsp3) is 0.0667. The monoisotopic (exact) mass is 918 g/mol. The SMILES string of the molecule is Cc1ccc(-c2c3nc(c(-c4ccc(C)cc4)c4ccc([nH]4)c(-c4ccc(C)cc4)c4c(SP(=S)(c5ccccc5)c5ccccc5)c(c(-c5ccc(C)cc5)c5ccc2[nH]5)C=N4)C=C3)cc1. The number of aliphatic imine (C=N–C) groups is 1. The van der Waals surface area contributed by atoms with Crippen molar-refractivity contribution in [2.45, 2.75) is 32.6 Å². The number of benzene rings is 6. The lowest BCUT2D eigenvalue weighted by Crippen LogP contribution is -2.13. The van der Waals surface area contributed by atoms with Gasteiger partial charge in [0.25, 0.3) is 0 Å². The van der Waals surface area contributed by atoms with Gasteiger partial charge in [-0.1, -0.05) is 203 Å². The summed E-state index contributed by atoms with van der Waals surface area (Å²) in [6, 6.07) is 65.4. The zero-order valence-electron chi connectivity index (χ0n) is 37.7. The van der Waals surface area contributed by atoms with Crippen LogP contribution in [0.1, 0.15) is 39.2 Å². The molecular formula is C60H47N4PS2. The molecule has 0 aliphatic carbocycles. The molecule has 9 aromatic rings. The number of hydrogen-bond acceptors (Lipinski definition) is 4. The number of aryl methyl sites for hydroxylation is 4. The first-order chi connectivity index (χ1) is 32.7. The summed E-state index contributed by atoms with van der Waals surface area (Å²) >= 11 is 8.92. The van der Waals surface area contributed by atoms with Crippen LogP contribution in [0.4, 0.5) is 5.69 Å². The third kappa shape index (κ3) is 8.06. The van der Waals surface area contributed by atoms with Crippen LogP contribution in [0.5, 0.6) is 0 Å². The van der Waals surface area contributed by atoms with Crippen molar-refractivity contribution in [3.05, 3.63) is 221 Å². The Hall–Kier alpha value is -7.08. The Morgan fingerprint density at radius 3 is 1.19 bits per heavy atom. The van der Waals surface area contributed by atoms with E-state index in [0.717, 1.165) is 105 Å². The smallest absolute Gasteiger partial charge is 0.0875 e. The highest BCUT2D eigenvalue weighted by Crippen LogP contribution is 2.64. The van der Waals surface area contributed by atoms with Gasteiger partial charge in [0.2, 0.25) is 0 Å². The second-order valence-electron chi connectivity index (χ2n) is 17.4. The average Bonchev–Trinajstić information content (AvgIpc) is 4.20. The van der Waals surface area contributed by atoms with Crippen molar-refractivity contribution in [1.82, 2.24) is 15.0 Å². The van der Waals surface area contributed by atoms with Gasteiger partial charge in [0.05, 0.1) is 22.3 Å². The van der Waals surface area contributed by atoms with E-state index in [4.69, 9.17) is 21.8 Å². The van der Waals surface area contributed by atoms with Crippen LogP contribution in [0.15, 0.2) is 192 Å². The number of rotatable bonds is 8. The zero-order valence-corrected chi connectivity index (χ0v) is 40.2. The molecule has 3 aromatic heterocycles. The van der Waals surface area contributed by atoms with Gasteiger partial charge in [0, 0.05) is 61.0 Å². The lowest BCUT2D eigenvalue weighted by atomic mass is 9.99. The van der Waals surface area contributed by atoms with E-state index in [1.165, 1.54) is 22.3 Å². The molecule has 11 rings (SSSR count). The maximum absolute atomic E-state index is 7.12. The highest BCUT2D eigenvalue weighted by atomic mass is 32.9. The summed E-state index contributed by atoms with van der Waals surface area (Å²) in [6.45, 7) is 8.53. The molecule has 8 bridgehead atoms. The Kier molecular flexibility index (Phi) is 11.2. The van der Waals surface area contributed by atoms with Gasteiger partial charge in [-0.15, -0.1) is 0 Å². The summed E-state index contributed by atoms with van der Waals surface area (Å²) in [5.41, 5.74) is 20.7. The van der Waals surface area contributed by atoms with Crippen molar-refractivity contribution in [3.8, 4) is 44.5 Å². The number of nitrogens with one attached hydrogen (secondary N) is 2. The molecule has 2 aliphatic heterocycles. The van der Waals surface area contributed by atoms with Gasteiger partial charge >= 0.3 is 0 Å². The molecule has 6 aromatic carbocycles. The predicted octanol–water partition coefficient (Wildman–Crippen LogP) is 15.9. The van der Waals surface area contributed by atoms with Gasteiger partial charge in [0.15, 0.2) is 0 Å². The largest absolute Gasteiger partial charge is 0.354 e. The fourth-order valence-corrected chi connectivity index (χ4v) is 15.6. The predicted molar refractivity (Wildman–Crippen MR) is 292 cm³/mol. The Morgan fingerprint density at radius 2 is 0.776 bits per heavy atom. The average molecular weight is 919 g/mol. The van der Waals surface area contributed by atoms with E-state index in [1.54, 1.807) is 11.4 Å². The van der Waals surface area contributed by atoms with E-state index in [-0.39, 0.29) is 0 Å². The molecule has 0 fully saturated rings. The fourth-order valence-electron chi connectivity index (χ4n) is 9.11. The number of nitrogens with zero attached hydrogens (tertiary/aromatic N) is 2. The third-order valence-corrected chi connectivity index (χ3v) is 20.0. The van der Waals surface area contributed by atoms with Gasteiger partial charge in [-0.25, -0.2) is 4.98 Å². The van der Waals surface area contributed by atoms with Gasteiger partial charge in [-0.2, -0.15) is 0 Å². The molecule has 67 heavy (non-hydrogen) atoms. The summed E-state index contributed by atoms with van der Waals surface area (Å²) in [5, 5.41) is -0.345. The lowest BCUT2D eigenvalue weighted by Gasteiger charge is -2.24.